The average molecular weight is 334 g/mol. The van der Waals surface area contributed by atoms with E-state index in [1.165, 1.54) is 12.1 Å². The van der Waals surface area contributed by atoms with E-state index in [1.54, 1.807) is 20.8 Å². The summed E-state index contributed by atoms with van der Waals surface area (Å²) in [4.78, 5) is 11.4. The van der Waals surface area contributed by atoms with E-state index in [0.29, 0.717) is 0 Å². The molecule has 0 bridgehead atoms. The normalized spacial score (nSPS) is 14.3. The Morgan fingerprint density at radius 3 is 2.59 bits per heavy atom. The molecule has 0 aliphatic heterocycles. The predicted molar refractivity (Wildman–Crippen MR) is 81.2 cm³/mol. The Morgan fingerprint density at radius 1 is 1.41 bits per heavy atom. The second-order valence-corrected chi connectivity index (χ2v) is 6.33. The number of hydrogen-bond acceptors (Lipinski definition) is 4. The zero-order valence-electron chi connectivity index (χ0n) is 12.8. The fraction of sp³-hybridized carbons (Fsp3) is 0.533. The molecule has 0 aromatic heterocycles. The van der Waals surface area contributed by atoms with Gasteiger partial charge in [-0.15, -0.1) is 0 Å². The number of amides is 1. The van der Waals surface area contributed by atoms with Crippen LogP contribution in [0.15, 0.2) is 18.2 Å². The SMILES string of the molecule is CC(C)(C)OC(=O)NCCC(O)C(O)c1ccc(Cl)cc1F. The molecule has 0 aliphatic rings. The number of alkyl carbamates (subject to hydrolysis) is 1. The third-order valence-electron chi connectivity index (χ3n) is 2.75. The van der Waals surface area contributed by atoms with E-state index in [0.717, 1.165) is 6.07 Å². The molecule has 22 heavy (non-hydrogen) atoms. The molecule has 3 N–H and O–H groups in total. The first kappa shape index (κ1) is 18.7. The molecule has 124 valence electrons. The molecule has 2 unspecified atom stereocenters. The van der Waals surface area contributed by atoms with Crippen molar-refractivity contribution in [3.05, 3.63) is 34.6 Å². The van der Waals surface area contributed by atoms with E-state index >= 15 is 0 Å². The van der Waals surface area contributed by atoms with Gasteiger partial charge in [0.1, 0.15) is 17.5 Å². The highest BCUT2D eigenvalue weighted by Gasteiger charge is 2.22. The fourth-order valence-corrected chi connectivity index (χ4v) is 1.90. The van der Waals surface area contributed by atoms with Crippen molar-refractivity contribution in [2.45, 2.75) is 45.0 Å². The monoisotopic (exact) mass is 333 g/mol. The van der Waals surface area contributed by atoms with Crippen LogP contribution in [-0.4, -0.2) is 34.6 Å². The number of carbonyl (C=O) groups excluding carboxylic acids is 1. The Labute approximate surface area is 134 Å². The van der Waals surface area contributed by atoms with Crippen molar-refractivity contribution < 1.29 is 24.1 Å². The molecule has 1 rings (SSSR count). The summed E-state index contributed by atoms with van der Waals surface area (Å²) >= 11 is 5.63. The van der Waals surface area contributed by atoms with Crippen molar-refractivity contribution in [1.82, 2.24) is 5.32 Å². The Morgan fingerprint density at radius 2 is 2.05 bits per heavy atom. The van der Waals surface area contributed by atoms with Crippen LogP contribution in [0, 0.1) is 5.82 Å². The zero-order valence-corrected chi connectivity index (χ0v) is 13.5. The van der Waals surface area contributed by atoms with Crippen LogP contribution in [0.25, 0.3) is 0 Å². The molecule has 0 saturated carbocycles. The number of hydrogen-bond donors (Lipinski definition) is 3. The van der Waals surface area contributed by atoms with Crippen molar-refractivity contribution in [1.29, 1.82) is 0 Å². The van der Waals surface area contributed by atoms with Crippen LogP contribution in [0.3, 0.4) is 0 Å². The standard InChI is InChI=1S/C15H21ClFNO4/c1-15(2,3)22-14(21)18-7-6-12(19)13(20)10-5-4-9(16)8-11(10)17/h4-5,8,12-13,19-20H,6-7H2,1-3H3,(H,18,21). The number of ether oxygens (including phenoxy) is 1. The number of aliphatic hydroxyl groups excluding tert-OH is 2. The van der Waals surface area contributed by atoms with Crippen LogP contribution in [0.5, 0.6) is 0 Å². The van der Waals surface area contributed by atoms with E-state index in [1.807, 2.05) is 0 Å². The molecule has 2 atom stereocenters. The Kier molecular flexibility index (Phi) is 6.59. The van der Waals surface area contributed by atoms with Gasteiger partial charge < -0.3 is 20.3 Å². The van der Waals surface area contributed by atoms with Gasteiger partial charge in [-0.2, -0.15) is 0 Å². The highest BCUT2D eigenvalue weighted by atomic mass is 35.5. The van der Waals surface area contributed by atoms with Crippen molar-refractivity contribution in [3.8, 4) is 0 Å². The third kappa shape index (κ3) is 6.17. The molecule has 0 spiro atoms. The molecule has 0 saturated heterocycles. The number of benzene rings is 1. The minimum atomic E-state index is -1.40. The van der Waals surface area contributed by atoms with E-state index in [9.17, 15) is 19.4 Å². The summed E-state index contributed by atoms with van der Waals surface area (Å²) in [5, 5.41) is 22.5. The van der Waals surface area contributed by atoms with Gasteiger partial charge in [-0.3, -0.25) is 0 Å². The van der Waals surface area contributed by atoms with E-state index in [-0.39, 0.29) is 23.6 Å². The van der Waals surface area contributed by atoms with Crippen LogP contribution >= 0.6 is 11.6 Å². The van der Waals surface area contributed by atoms with Gasteiger partial charge in [-0.25, -0.2) is 9.18 Å². The van der Waals surface area contributed by atoms with Crippen LogP contribution in [-0.2, 0) is 4.74 Å². The van der Waals surface area contributed by atoms with Gasteiger partial charge in [0.15, 0.2) is 0 Å². The fourth-order valence-electron chi connectivity index (χ4n) is 1.74. The second kappa shape index (κ2) is 7.76. The van der Waals surface area contributed by atoms with Gasteiger partial charge >= 0.3 is 6.09 Å². The molecule has 5 nitrogen and oxygen atoms in total. The van der Waals surface area contributed by atoms with Crippen LogP contribution in [0.1, 0.15) is 38.9 Å². The first-order valence-corrected chi connectivity index (χ1v) is 7.26. The number of carbonyl (C=O) groups is 1. The lowest BCUT2D eigenvalue weighted by Gasteiger charge is -2.21. The molecule has 0 fully saturated rings. The van der Waals surface area contributed by atoms with E-state index in [4.69, 9.17) is 16.3 Å². The number of halogens is 2. The molecule has 1 aromatic carbocycles. The zero-order chi connectivity index (χ0) is 16.9. The van der Waals surface area contributed by atoms with Crippen molar-refractivity contribution in [3.63, 3.8) is 0 Å². The van der Waals surface area contributed by atoms with Gasteiger partial charge in [0.25, 0.3) is 0 Å². The summed E-state index contributed by atoms with van der Waals surface area (Å²) in [6.45, 7) is 5.28. The minimum absolute atomic E-state index is 0.0441. The number of aliphatic hydroxyl groups is 2. The van der Waals surface area contributed by atoms with E-state index in [2.05, 4.69) is 5.32 Å². The van der Waals surface area contributed by atoms with Gasteiger partial charge in [-0.1, -0.05) is 17.7 Å². The van der Waals surface area contributed by atoms with Crippen LogP contribution in [0.4, 0.5) is 9.18 Å². The first-order valence-electron chi connectivity index (χ1n) is 6.88. The lowest BCUT2D eigenvalue weighted by Crippen LogP contribution is -2.34. The number of rotatable bonds is 5. The molecule has 1 amide bonds. The summed E-state index contributed by atoms with van der Waals surface area (Å²) in [7, 11) is 0. The second-order valence-electron chi connectivity index (χ2n) is 5.90. The third-order valence-corrected chi connectivity index (χ3v) is 2.99. The lowest BCUT2D eigenvalue weighted by atomic mass is 10.0. The molecule has 7 heteroatoms. The Balaban J connectivity index is 2.48. The van der Waals surface area contributed by atoms with Crippen molar-refractivity contribution in [2.24, 2.45) is 0 Å². The molecule has 0 aliphatic carbocycles. The smallest absolute Gasteiger partial charge is 0.407 e. The van der Waals surface area contributed by atoms with Crippen molar-refractivity contribution in [2.75, 3.05) is 6.54 Å². The summed E-state index contributed by atoms with van der Waals surface area (Å²) in [5.41, 5.74) is -0.663. The topological polar surface area (TPSA) is 78.8 Å². The Bertz CT molecular complexity index is 519. The summed E-state index contributed by atoms with van der Waals surface area (Å²) in [5.74, 6) is -0.695. The number of nitrogens with one attached hydrogen (secondary N) is 1. The molecular weight excluding hydrogens is 313 g/mol. The maximum atomic E-state index is 13.7. The largest absolute Gasteiger partial charge is 0.444 e. The molecule has 1 aromatic rings. The maximum absolute atomic E-state index is 13.7. The van der Waals surface area contributed by atoms with Gasteiger partial charge in [0.05, 0.1) is 6.10 Å². The summed E-state index contributed by atoms with van der Waals surface area (Å²) < 4.78 is 18.7. The van der Waals surface area contributed by atoms with Gasteiger partial charge in [-0.05, 0) is 39.3 Å². The Hall–Kier alpha value is -1.37. The molecule has 0 radical (unpaired) electrons. The van der Waals surface area contributed by atoms with E-state index < -0.39 is 29.7 Å². The van der Waals surface area contributed by atoms with Gasteiger partial charge in [0, 0.05) is 17.1 Å². The first-order chi connectivity index (χ1) is 10.1. The average Bonchev–Trinajstić information content (AvgIpc) is 2.35. The highest BCUT2D eigenvalue weighted by molar-refractivity contribution is 6.30. The quantitative estimate of drug-likeness (QED) is 0.774. The predicted octanol–water partition coefficient (Wildman–Crippen LogP) is 2.79. The van der Waals surface area contributed by atoms with Crippen LogP contribution < -0.4 is 5.32 Å². The summed E-state index contributed by atoms with van der Waals surface area (Å²) in [6, 6.07) is 3.80. The molecular formula is C15H21ClFNO4. The van der Waals surface area contributed by atoms with Gasteiger partial charge in [0.2, 0.25) is 0 Å². The minimum Gasteiger partial charge on any atom is -0.444 e. The molecule has 0 heterocycles. The lowest BCUT2D eigenvalue weighted by molar-refractivity contribution is 0.0104. The highest BCUT2D eigenvalue weighted by Crippen LogP contribution is 2.24. The maximum Gasteiger partial charge on any atom is 0.407 e. The summed E-state index contributed by atoms with van der Waals surface area (Å²) in [6.07, 6.45) is -3.21. The van der Waals surface area contributed by atoms with Crippen molar-refractivity contribution >= 4 is 17.7 Å². The van der Waals surface area contributed by atoms with Crippen LogP contribution in [0.2, 0.25) is 5.02 Å².